The van der Waals surface area contributed by atoms with Crippen molar-refractivity contribution in [2.75, 3.05) is 0 Å². The lowest BCUT2D eigenvalue weighted by molar-refractivity contribution is 0.233. The van der Waals surface area contributed by atoms with Gasteiger partial charge in [-0.1, -0.05) is 59.7 Å². The Labute approximate surface area is 107 Å². The molecule has 86 valence electrons. The highest BCUT2D eigenvalue weighted by Crippen LogP contribution is 2.17. The van der Waals surface area contributed by atoms with E-state index < -0.39 is 14.2 Å². The van der Waals surface area contributed by atoms with Crippen molar-refractivity contribution < 1.29 is 5.11 Å². The molecule has 3 heteroatoms. The van der Waals surface area contributed by atoms with Gasteiger partial charge in [0.2, 0.25) is 0 Å². The first-order chi connectivity index (χ1) is 7.38. The zero-order chi connectivity index (χ0) is 12.2. The summed E-state index contributed by atoms with van der Waals surface area (Å²) in [7, 11) is -1.38. The normalized spacial score (nSPS) is 12.8. The van der Waals surface area contributed by atoms with Gasteiger partial charge in [-0.05, 0) is 11.6 Å². The molecule has 1 nitrogen and oxygen atoms in total. The molecule has 1 atom stereocenters. The van der Waals surface area contributed by atoms with Gasteiger partial charge in [-0.2, -0.15) is 0 Å². The van der Waals surface area contributed by atoms with Crippen molar-refractivity contribution in [3.8, 4) is 11.5 Å². The lowest BCUT2D eigenvalue weighted by Gasteiger charge is -2.08. The molecule has 0 aliphatic carbocycles. The van der Waals surface area contributed by atoms with Crippen LogP contribution in [0, 0.1) is 11.5 Å². The Morgan fingerprint density at radius 3 is 2.50 bits per heavy atom. The van der Waals surface area contributed by atoms with Crippen molar-refractivity contribution in [3.63, 3.8) is 0 Å². The number of halogens is 1. The fourth-order valence-electron chi connectivity index (χ4n) is 1.22. The molecule has 1 N–H and O–H groups in total. The Morgan fingerprint density at radius 2 is 1.94 bits per heavy atom. The second kappa shape index (κ2) is 5.67. The molecule has 0 aromatic heterocycles. The van der Waals surface area contributed by atoms with E-state index in [1.807, 2.05) is 24.3 Å². The first kappa shape index (κ1) is 13.5. The number of aliphatic hydroxyl groups is 1. The average molecular weight is 297 g/mol. The van der Waals surface area contributed by atoms with Crippen LogP contribution in [0.4, 0.5) is 0 Å². The number of rotatable bonds is 2. The summed E-state index contributed by atoms with van der Waals surface area (Å²) in [5, 5.41) is 9.82. The van der Waals surface area contributed by atoms with E-state index in [1.54, 1.807) is 0 Å². The Kier molecular flexibility index (Phi) is 4.79. The number of hydrogen-bond acceptors (Lipinski definition) is 1. The fraction of sp³-hybridized carbons (Fsp3) is 0.385. The van der Waals surface area contributed by atoms with Crippen LogP contribution in [0.3, 0.4) is 0 Å². The summed E-state index contributed by atoms with van der Waals surface area (Å²) in [6.45, 7) is 6.52. The molecular formula is C13H17BrOSi. The predicted molar refractivity (Wildman–Crippen MR) is 75.0 cm³/mol. The molecule has 1 unspecified atom stereocenters. The van der Waals surface area contributed by atoms with E-state index in [0.717, 1.165) is 10.0 Å². The largest absolute Gasteiger partial charge is 0.380 e. The van der Waals surface area contributed by atoms with Crippen molar-refractivity contribution in [1.29, 1.82) is 0 Å². The van der Waals surface area contributed by atoms with Crippen LogP contribution in [0.1, 0.15) is 5.56 Å². The SMILES string of the molecule is C[Si](C)(C)C#CC(O)Cc1ccccc1Br. The van der Waals surface area contributed by atoms with Crippen molar-refractivity contribution >= 4 is 24.0 Å². The molecule has 0 saturated heterocycles. The molecule has 0 aliphatic heterocycles. The van der Waals surface area contributed by atoms with Crippen LogP contribution >= 0.6 is 15.9 Å². The van der Waals surface area contributed by atoms with Gasteiger partial charge in [0.15, 0.2) is 0 Å². The molecule has 0 heterocycles. The summed E-state index contributed by atoms with van der Waals surface area (Å²) in [4.78, 5) is 0. The monoisotopic (exact) mass is 296 g/mol. The van der Waals surface area contributed by atoms with Gasteiger partial charge in [-0.25, -0.2) is 0 Å². The van der Waals surface area contributed by atoms with E-state index in [2.05, 4.69) is 47.0 Å². The highest BCUT2D eigenvalue weighted by molar-refractivity contribution is 9.10. The highest BCUT2D eigenvalue weighted by atomic mass is 79.9. The van der Waals surface area contributed by atoms with Gasteiger partial charge in [-0.15, -0.1) is 5.54 Å². The van der Waals surface area contributed by atoms with Gasteiger partial charge in [0.25, 0.3) is 0 Å². The molecular weight excluding hydrogens is 280 g/mol. The summed E-state index contributed by atoms with van der Waals surface area (Å²) >= 11 is 3.46. The third-order valence-corrected chi connectivity index (χ3v) is 3.65. The highest BCUT2D eigenvalue weighted by Gasteiger charge is 2.09. The van der Waals surface area contributed by atoms with Gasteiger partial charge >= 0.3 is 0 Å². The van der Waals surface area contributed by atoms with E-state index in [4.69, 9.17) is 0 Å². The average Bonchev–Trinajstić information content (AvgIpc) is 2.18. The second-order valence-corrected chi connectivity index (χ2v) is 10.4. The molecule has 16 heavy (non-hydrogen) atoms. The first-order valence-corrected chi connectivity index (χ1v) is 9.62. The maximum atomic E-state index is 9.82. The molecule has 0 bridgehead atoms. The smallest absolute Gasteiger partial charge is 0.129 e. The van der Waals surface area contributed by atoms with Crippen LogP contribution in [0.25, 0.3) is 0 Å². The van der Waals surface area contributed by atoms with Crippen LogP contribution in [-0.4, -0.2) is 19.3 Å². The third-order valence-electron chi connectivity index (χ3n) is 1.98. The van der Waals surface area contributed by atoms with Crippen LogP contribution in [0.2, 0.25) is 19.6 Å². The van der Waals surface area contributed by atoms with Gasteiger partial charge in [0.1, 0.15) is 14.2 Å². The molecule has 0 spiro atoms. The molecule has 0 saturated carbocycles. The minimum Gasteiger partial charge on any atom is -0.380 e. The maximum absolute atomic E-state index is 9.82. The standard InChI is InChI=1S/C13H17BrOSi/c1-16(2,3)9-8-12(15)10-11-6-4-5-7-13(11)14/h4-7,12,15H,10H2,1-3H3. The zero-order valence-electron chi connectivity index (χ0n) is 9.92. The molecule has 0 aliphatic rings. The predicted octanol–water partition coefficient (Wildman–Crippen LogP) is 3.23. The quantitative estimate of drug-likeness (QED) is 0.656. The first-order valence-electron chi connectivity index (χ1n) is 5.33. The minimum atomic E-state index is -1.38. The fourth-order valence-corrected chi connectivity index (χ4v) is 2.27. The topological polar surface area (TPSA) is 20.2 Å². The lowest BCUT2D eigenvalue weighted by Crippen LogP contribution is -2.18. The van der Waals surface area contributed by atoms with Crippen molar-refractivity contribution in [1.82, 2.24) is 0 Å². The lowest BCUT2D eigenvalue weighted by atomic mass is 10.1. The Bertz CT molecular complexity index is 412. The van der Waals surface area contributed by atoms with Crippen LogP contribution in [-0.2, 0) is 6.42 Å². The zero-order valence-corrected chi connectivity index (χ0v) is 12.5. The van der Waals surface area contributed by atoms with Gasteiger partial charge < -0.3 is 5.11 Å². The second-order valence-electron chi connectivity index (χ2n) is 4.83. The Balaban J connectivity index is 2.68. The molecule has 0 amide bonds. The molecule has 1 aromatic carbocycles. The van der Waals surface area contributed by atoms with E-state index in [0.29, 0.717) is 6.42 Å². The number of benzene rings is 1. The Hall–Kier alpha value is -0.563. The number of hydrogen-bond donors (Lipinski definition) is 1. The molecule has 0 radical (unpaired) electrons. The maximum Gasteiger partial charge on any atom is 0.129 e. The van der Waals surface area contributed by atoms with Crippen molar-refractivity contribution in [2.45, 2.75) is 32.2 Å². The van der Waals surface area contributed by atoms with E-state index in [-0.39, 0.29) is 0 Å². The summed E-state index contributed by atoms with van der Waals surface area (Å²) in [6, 6.07) is 7.92. The van der Waals surface area contributed by atoms with Crippen LogP contribution < -0.4 is 0 Å². The Morgan fingerprint density at radius 1 is 1.31 bits per heavy atom. The van der Waals surface area contributed by atoms with E-state index in [9.17, 15) is 5.11 Å². The van der Waals surface area contributed by atoms with Crippen molar-refractivity contribution in [2.24, 2.45) is 0 Å². The summed E-state index contributed by atoms with van der Waals surface area (Å²) < 4.78 is 1.03. The van der Waals surface area contributed by atoms with Gasteiger partial charge in [-0.3, -0.25) is 0 Å². The van der Waals surface area contributed by atoms with Crippen molar-refractivity contribution in [3.05, 3.63) is 34.3 Å². The van der Waals surface area contributed by atoms with Gasteiger partial charge in [0.05, 0.1) is 0 Å². The summed E-state index contributed by atoms with van der Waals surface area (Å²) in [6.07, 6.45) is 0.0178. The summed E-state index contributed by atoms with van der Waals surface area (Å²) in [5.41, 5.74) is 4.28. The van der Waals surface area contributed by atoms with E-state index in [1.165, 1.54) is 0 Å². The van der Waals surface area contributed by atoms with E-state index >= 15 is 0 Å². The number of aliphatic hydroxyl groups excluding tert-OH is 1. The minimum absolute atomic E-state index is 0.564. The summed E-state index contributed by atoms with van der Waals surface area (Å²) in [5.74, 6) is 2.94. The molecule has 1 rings (SSSR count). The van der Waals surface area contributed by atoms with Crippen LogP contribution in [0.5, 0.6) is 0 Å². The molecule has 1 aromatic rings. The molecule has 0 fully saturated rings. The van der Waals surface area contributed by atoms with Crippen LogP contribution in [0.15, 0.2) is 28.7 Å². The van der Waals surface area contributed by atoms with Gasteiger partial charge in [0, 0.05) is 10.9 Å². The third kappa shape index (κ3) is 4.98.